The van der Waals surface area contributed by atoms with Gasteiger partial charge >= 0.3 is 0 Å². The maximum atomic E-state index is 6.27. The molecule has 3 fully saturated rings. The highest BCUT2D eigenvalue weighted by Gasteiger charge is 2.40. The Morgan fingerprint density at radius 2 is 1.67 bits per heavy atom. The average Bonchev–Trinajstić information content (AvgIpc) is 2.55. The quantitative estimate of drug-likeness (QED) is 0.864. The van der Waals surface area contributed by atoms with E-state index in [9.17, 15) is 0 Å². The lowest BCUT2D eigenvalue weighted by atomic mass is 9.77. The van der Waals surface area contributed by atoms with Crippen molar-refractivity contribution in [2.75, 3.05) is 20.7 Å². The van der Waals surface area contributed by atoms with E-state index in [2.05, 4.69) is 24.3 Å². The molecule has 3 nitrogen and oxygen atoms in total. The molecule has 0 amide bonds. The Bertz CT molecular complexity index is 314. The molecule has 21 heavy (non-hydrogen) atoms. The normalized spacial score (nSPS) is 37.0. The molecule has 3 heteroatoms. The first kappa shape index (κ1) is 15.8. The summed E-state index contributed by atoms with van der Waals surface area (Å²) < 4.78 is 6.27. The maximum absolute atomic E-state index is 6.27. The van der Waals surface area contributed by atoms with Crippen molar-refractivity contribution in [3.63, 3.8) is 0 Å². The lowest BCUT2D eigenvalue weighted by Crippen LogP contribution is -2.52. The molecule has 2 aliphatic carbocycles. The van der Waals surface area contributed by atoms with Gasteiger partial charge in [-0.15, -0.1) is 0 Å². The van der Waals surface area contributed by atoms with Gasteiger partial charge in [0, 0.05) is 24.7 Å². The van der Waals surface area contributed by atoms with Crippen LogP contribution in [0, 0.1) is 0 Å². The van der Waals surface area contributed by atoms with Crippen LogP contribution in [0.25, 0.3) is 0 Å². The van der Waals surface area contributed by atoms with E-state index in [0.717, 1.165) is 24.7 Å². The van der Waals surface area contributed by atoms with Crippen LogP contribution in [0.1, 0.15) is 70.6 Å². The minimum atomic E-state index is 0.248. The standard InChI is InChI=1S/C18H34N2O/c1-19-15-6-8-16(9-7-15)20(2)17-10-13-21-18(14-17)11-4-3-5-12-18/h15-17,19H,3-14H2,1-2H3. The molecular weight excluding hydrogens is 260 g/mol. The molecule has 3 rings (SSSR count). The van der Waals surface area contributed by atoms with Crippen molar-refractivity contribution in [3.8, 4) is 0 Å². The molecule has 0 bridgehead atoms. The number of nitrogens with zero attached hydrogens (tertiary/aromatic N) is 1. The van der Waals surface area contributed by atoms with Crippen molar-refractivity contribution >= 4 is 0 Å². The van der Waals surface area contributed by atoms with Gasteiger partial charge in [-0.25, -0.2) is 0 Å². The Labute approximate surface area is 130 Å². The molecule has 1 saturated heterocycles. The summed E-state index contributed by atoms with van der Waals surface area (Å²) in [6.07, 6.45) is 14.7. The molecule has 1 spiro atoms. The van der Waals surface area contributed by atoms with Gasteiger partial charge < -0.3 is 15.0 Å². The third kappa shape index (κ3) is 3.62. The Balaban J connectivity index is 1.55. The van der Waals surface area contributed by atoms with Crippen LogP contribution >= 0.6 is 0 Å². The summed E-state index contributed by atoms with van der Waals surface area (Å²) >= 11 is 0. The van der Waals surface area contributed by atoms with Crippen molar-refractivity contribution in [3.05, 3.63) is 0 Å². The molecule has 0 aromatic rings. The fourth-order valence-corrected chi connectivity index (χ4v) is 4.96. The van der Waals surface area contributed by atoms with E-state index in [0.29, 0.717) is 0 Å². The lowest BCUT2D eigenvalue weighted by Gasteiger charge is -2.48. The molecule has 1 N–H and O–H groups in total. The summed E-state index contributed by atoms with van der Waals surface area (Å²) in [5, 5.41) is 3.45. The summed E-state index contributed by atoms with van der Waals surface area (Å²) in [7, 11) is 4.50. The topological polar surface area (TPSA) is 24.5 Å². The van der Waals surface area contributed by atoms with E-state index in [4.69, 9.17) is 4.74 Å². The highest BCUT2D eigenvalue weighted by atomic mass is 16.5. The second kappa shape index (κ2) is 6.97. The monoisotopic (exact) mass is 294 g/mol. The van der Waals surface area contributed by atoms with Gasteiger partial charge in [0.1, 0.15) is 0 Å². The molecular formula is C18H34N2O. The van der Waals surface area contributed by atoms with Crippen molar-refractivity contribution in [1.82, 2.24) is 10.2 Å². The molecule has 122 valence electrons. The van der Waals surface area contributed by atoms with E-state index in [1.54, 1.807) is 0 Å². The molecule has 1 aliphatic heterocycles. The SMILES string of the molecule is CNC1CCC(N(C)C2CCOC3(CCCCC3)C2)CC1. The number of hydrogen-bond acceptors (Lipinski definition) is 3. The van der Waals surface area contributed by atoms with E-state index >= 15 is 0 Å². The van der Waals surface area contributed by atoms with Crippen LogP contribution in [0.2, 0.25) is 0 Å². The lowest BCUT2D eigenvalue weighted by molar-refractivity contribution is -0.126. The number of hydrogen-bond donors (Lipinski definition) is 1. The van der Waals surface area contributed by atoms with Gasteiger partial charge in [0.2, 0.25) is 0 Å². The highest BCUT2D eigenvalue weighted by Crippen LogP contribution is 2.40. The number of nitrogens with one attached hydrogen (secondary N) is 1. The Morgan fingerprint density at radius 1 is 0.952 bits per heavy atom. The van der Waals surface area contributed by atoms with Gasteiger partial charge in [0.15, 0.2) is 0 Å². The zero-order chi connectivity index (χ0) is 14.7. The third-order valence-electron chi connectivity index (χ3n) is 6.49. The van der Waals surface area contributed by atoms with Gasteiger partial charge in [-0.1, -0.05) is 19.3 Å². The third-order valence-corrected chi connectivity index (χ3v) is 6.49. The summed E-state index contributed by atoms with van der Waals surface area (Å²) in [4.78, 5) is 2.73. The highest BCUT2D eigenvalue weighted by molar-refractivity contribution is 4.94. The summed E-state index contributed by atoms with van der Waals surface area (Å²) in [6.45, 7) is 0.987. The smallest absolute Gasteiger partial charge is 0.0697 e. The fraction of sp³-hybridized carbons (Fsp3) is 1.00. The van der Waals surface area contributed by atoms with Gasteiger partial charge in [0.05, 0.1) is 5.60 Å². The minimum absolute atomic E-state index is 0.248. The first-order chi connectivity index (χ1) is 10.2. The largest absolute Gasteiger partial charge is 0.375 e. The average molecular weight is 294 g/mol. The minimum Gasteiger partial charge on any atom is -0.375 e. The van der Waals surface area contributed by atoms with E-state index in [1.807, 2.05) is 0 Å². The summed E-state index contributed by atoms with van der Waals surface area (Å²) in [5.74, 6) is 0. The first-order valence-corrected chi connectivity index (χ1v) is 9.26. The molecule has 3 aliphatic rings. The Hall–Kier alpha value is -0.120. The Morgan fingerprint density at radius 3 is 2.33 bits per heavy atom. The summed E-state index contributed by atoms with van der Waals surface area (Å²) in [5.41, 5.74) is 0.248. The van der Waals surface area contributed by atoms with E-state index < -0.39 is 0 Å². The Kier molecular flexibility index (Phi) is 5.23. The predicted octanol–water partition coefficient (Wildman–Crippen LogP) is 3.33. The first-order valence-electron chi connectivity index (χ1n) is 9.26. The van der Waals surface area contributed by atoms with Crippen LogP contribution in [-0.4, -0.2) is 49.3 Å². The summed E-state index contributed by atoms with van der Waals surface area (Å²) in [6, 6.07) is 2.32. The van der Waals surface area contributed by atoms with Crippen LogP contribution in [0.15, 0.2) is 0 Å². The van der Waals surface area contributed by atoms with Crippen molar-refractivity contribution in [1.29, 1.82) is 0 Å². The molecule has 0 aromatic carbocycles. The van der Waals surface area contributed by atoms with Crippen LogP contribution in [0.5, 0.6) is 0 Å². The van der Waals surface area contributed by atoms with Crippen molar-refractivity contribution in [2.45, 2.75) is 94.4 Å². The van der Waals surface area contributed by atoms with Crippen LogP contribution in [0.4, 0.5) is 0 Å². The fourth-order valence-electron chi connectivity index (χ4n) is 4.96. The van der Waals surface area contributed by atoms with Crippen molar-refractivity contribution in [2.24, 2.45) is 0 Å². The number of rotatable bonds is 3. The van der Waals surface area contributed by atoms with Crippen LogP contribution in [0.3, 0.4) is 0 Å². The van der Waals surface area contributed by atoms with Gasteiger partial charge in [0.25, 0.3) is 0 Å². The van der Waals surface area contributed by atoms with Gasteiger partial charge in [-0.05, 0) is 65.5 Å². The van der Waals surface area contributed by atoms with E-state index in [-0.39, 0.29) is 5.60 Å². The molecule has 1 unspecified atom stereocenters. The van der Waals surface area contributed by atoms with Crippen molar-refractivity contribution < 1.29 is 4.74 Å². The molecule has 2 saturated carbocycles. The van der Waals surface area contributed by atoms with Gasteiger partial charge in [-0.2, -0.15) is 0 Å². The van der Waals surface area contributed by atoms with Crippen LogP contribution in [-0.2, 0) is 4.74 Å². The van der Waals surface area contributed by atoms with Gasteiger partial charge in [-0.3, -0.25) is 0 Å². The predicted molar refractivity (Wildman–Crippen MR) is 87.7 cm³/mol. The van der Waals surface area contributed by atoms with Crippen LogP contribution < -0.4 is 5.32 Å². The second-order valence-corrected chi connectivity index (χ2v) is 7.70. The van der Waals surface area contributed by atoms with E-state index in [1.165, 1.54) is 70.6 Å². The molecule has 0 aromatic heterocycles. The zero-order valence-corrected chi connectivity index (χ0v) is 14.1. The molecule has 0 radical (unpaired) electrons. The number of ether oxygens (including phenoxy) is 1. The maximum Gasteiger partial charge on any atom is 0.0697 e. The molecule has 1 atom stereocenters. The molecule has 1 heterocycles. The zero-order valence-electron chi connectivity index (χ0n) is 14.1. The second-order valence-electron chi connectivity index (χ2n) is 7.70.